The molecule has 0 spiro atoms. The monoisotopic (exact) mass is 297 g/mol. The first-order valence-corrected chi connectivity index (χ1v) is 6.44. The van der Waals surface area contributed by atoms with Crippen LogP contribution < -0.4 is 5.32 Å². The van der Waals surface area contributed by atoms with Crippen LogP contribution in [0.5, 0.6) is 0 Å². The van der Waals surface area contributed by atoms with Gasteiger partial charge in [-0.15, -0.1) is 5.10 Å². The molecule has 3 rings (SSSR count). The SMILES string of the molecule is Cc1ccccc1[C@@H]1C[C@@H](F)C2NC(Br)=NN21. The van der Waals surface area contributed by atoms with Crippen molar-refractivity contribution < 1.29 is 4.39 Å². The molecule has 2 heterocycles. The fourth-order valence-corrected chi connectivity index (χ4v) is 3.00. The Hall–Kier alpha value is -1.10. The second-order valence-corrected chi connectivity index (χ2v) is 5.24. The van der Waals surface area contributed by atoms with Crippen LogP contribution in [-0.2, 0) is 0 Å². The van der Waals surface area contributed by atoms with Gasteiger partial charge in [0.25, 0.3) is 0 Å². The zero-order valence-electron chi connectivity index (χ0n) is 9.40. The zero-order chi connectivity index (χ0) is 12.0. The van der Waals surface area contributed by atoms with E-state index in [0.29, 0.717) is 11.2 Å². The van der Waals surface area contributed by atoms with Crippen molar-refractivity contribution in [3.05, 3.63) is 35.4 Å². The smallest absolute Gasteiger partial charge is 0.191 e. The summed E-state index contributed by atoms with van der Waals surface area (Å²) in [4.78, 5) is 0. The van der Waals surface area contributed by atoms with Gasteiger partial charge in [-0.2, -0.15) is 0 Å². The number of amidine groups is 1. The molecule has 3 nitrogen and oxygen atoms in total. The lowest BCUT2D eigenvalue weighted by molar-refractivity contribution is 0.180. The number of benzene rings is 1. The molecule has 1 N–H and O–H groups in total. The molecule has 0 saturated carbocycles. The Kier molecular flexibility index (Phi) is 2.58. The second-order valence-electron chi connectivity index (χ2n) is 4.48. The normalized spacial score (nSPS) is 31.1. The molecule has 1 aromatic carbocycles. The predicted molar refractivity (Wildman–Crippen MR) is 68.6 cm³/mol. The van der Waals surface area contributed by atoms with Crippen molar-refractivity contribution in [1.82, 2.24) is 10.3 Å². The number of hydrazone groups is 1. The van der Waals surface area contributed by atoms with Crippen LogP contribution in [0.4, 0.5) is 4.39 Å². The molecule has 0 amide bonds. The van der Waals surface area contributed by atoms with Gasteiger partial charge in [-0.05, 0) is 34.0 Å². The van der Waals surface area contributed by atoms with Crippen LogP contribution in [0, 0.1) is 6.92 Å². The number of hydrogen-bond donors (Lipinski definition) is 1. The molecule has 2 aliphatic heterocycles. The molecule has 90 valence electrons. The second kappa shape index (κ2) is 3.98. The minimum atomic E-state index is -0.890. The number of fused-ring (bicyclic) bond motifs is 1. The molecule has 0 aromatic heterocycles. The average molecular weight is 298 g/mol. The third-order valence-corrected chi connectivity index (χ3v) is 3.80. The predicted octanol–water partition coefficient (Wildman–Crippen LogP) is 2.68. The van der Waals surface area contributed by atoms with Crippen LogP contribution in [0.25, 0.3) is 0 Å². The number of aryl methyl sites for hydroxylation is 1. The van der Waals surface area contributed by atoms with Crippen molar-refractivity contribution >= 4 is 20.7 Å². The molecular weight excluding hydrogens is 285 g/mol. The Balaban J connectivity index is 1.97. The highest BCUT2D eigenvalue weighted by Gasteiger charge is 2.45. The zero-order valence-corrected chi connectivity index (χ0v) is 11.0. The van der Waals surface area contributed by atoms with Gasteiger partial charge in [0, 0.05) is 6.42 Å². The molecule has 3 atom stereocenters. The number of hydrogen-bond acceptors (Lipinski definition) is 3. The third kappa shape index (κ3) is 1.73. The van der Waals surface area contributed by atoms with E-state index in [-0.39, 0.29) is 12.2 Å². The fourth-order valence-electron chi connectivity index (χ4n) is 2.58. The summed E-state index contributed by atoms with van der Waals surface area (Å²) in [6.07, 6.45) is -0.723. The van der Waals surface area contributed by atoms with Gasteiger partial charge in [-0.3, -0.25) is 5.01 Å². The fraction of sp³-hybridized carbons (Fsp3) is 0.417. The summed E-state index contributed by atoms with van der Waals surface area (Å²) >= 11 is 3.27. The molecule has 0 bridgehead atoms. The third-order valence-electron chi connectivity index (χ3n) is 3.41. The van der Waals surface area contributed by atoms with Crippen molar-refractivity contribution in [1.29, 1.82) is 0 Å². The van der Waals surface area contributed by atoms with E-state index in [0.717, 1.165) is 5.56 Å². The highest BCUT2D eigenvalue weighted by Crippen LogP contribution is 2.40. The first-order chi connectivity index (χ1) is 8.16. The number of nitrogens with one attached hydrogen (secondary N) is 1. The highest BCUT2D eigenvalue weighted by atomic mass is 79.9. The maximum atomic E-state index is 13.9. The van der Waals surface area contributed by atoms with Crippen LogP contribution in [-0.4, -0.2) is 22.1 Å². The lowest BCUT2D eigenvalue weighted by Crippen LogP contribution is -2.38. The Bertz CT molecular complexity index is 477. The molecule has 17 heavy (non-hydrogen) atoms. The molecule has 0 radical (unpaired) electrons. The molecular formula is C12H13BrFN3. The molecule has 2 aliphatic rings. The molecule has 0 aliphatic carbocycles. The summed E-state index contributed by atoms with van der Waals surface area (Å²) in [5.41, 5.74) is 2.34. The van der Waals surface area contributed by atoms with Gasteiger partial charge in [-0.1, -0.05) is 24.3 Å². The van der Waals surface area contributed by atoms with E-state index in [4.69, 9.17) is 0 Å². The summed E-state index contributed by atoms with van der Waals surface area (Å²) in [5.74, 6) is 0. The summed E-state index contributed by atoms with van der Waals surface area (Å²) in [7, 11) is 0. The number of rotatable bonds is 1. The quantitative estimate of drug-likeness (QED) is 0.807. The Morgan fingerprint density at radius 1 is 1.47 bits per heavy atom. The van der Waals surface area contributed by atoms with Gasteiger partial charge in [0.05, 0.1) is 6.04 Å². The van der Waals surface area contributed by atoms with Gasteiger partial charge in [0.15, 0.2) is 4.74 Å². The summed E-state index contributed by atoms with van der Waals surface area (Å²) in [6, 6.07) is 8.12. The van der Waals surface area contributed by atoms with E-state index < -0.39 is 6.17 Å². The summed E-state index contributed by atoms with van der Waals surface area (Å²) in [6.45, 7) is 2.05. The Morgan fingerprint density at radius 3 is 3.00 bits per heavy atom. The van der Waals surface area contributed by atoms with Crippen molar-refractivity contribution in [2.24, 2.45) is 5.10 Å². The molecule has 1 unspecified atom stereocenters. The standard InChI is InChI=1S/C12H13BrFN3/c1-7-4-2-3-5-8(7)10-6-9(14)11-15-12(13)16-17(10)11/h2-5,9-11H,6H2,1H3,(H,15,16)/t9-,10+,11?/m1/s1. The largest absolute Gasteiger partial charge is 0.339 e. The van der Waals surface area contributed by atoms with Crippen molar-refractivity contribution in [2.45, 2.75) is 31.7 Å². The van der Waals surface area contributed by atoms with Crippen molar-refractivity contribution in [2.75, 3.05) is 0 Å². The van der Waals surface area contributed by atoms with Crippen LogP contribution in [0.3, 0.4) is 0 Å². The van der Waals surface area contributed by atoms with Gasteiger partial charge < -0.3 is 5.32 Å². The Morgan fingerprint density at radius 2 is 2.24 bits per heavy atom. The lowest BCUT2D eigenvalue weighted by Gasteiger charge is -2.22. The Labute approximate surface area is 108 Å². The first-order valence-electron chi connectivity index (χ1n) is 5.65. The molecule has 5 heteroatoms. The van der Waals surface area contributed by atoms with Gasteiger partial charge in [0.1, 0.15) is 12.3 Å². The van der Waals surface area contributed by atoms with E-state index in [1.807, 2.05) is 17.1 Å². The molecule has 1 aromatic rings. The van der Waals surface area contributed by atoms with E-state index >= 15 is 0 Å². The van der Waals surface area contributed by atoms with Gasteiger partial charge >= 0.3 is 0 Å². The van der Waals surface area contributed by atoms with E-state index in [1.54, 1.807) is 0 Å². The average Bonchev–Trinajstić information content (AvgIpc) is 2.80. The summed E-state index contributed by atoms with van der Waals surface area (Å²) in [5, 5.41) is 9.15. The number of halogens is 2. The maximum absolute atomic E-state index is 13.9. The maximum Gasteiger partial charge on any atom is 0.191 e. The molecule has 1 fully saturated rings. The van der Waals surface area contributed by atoms with Gasteiger partial charge in [0.2, 0.25) is 0 Å². The minimum Gasteiger partial charge on any atom is -0.339 e. The van der Waals surface area contributed by atoms with Crippen LogP contribution in [0.2, 0.25) is 0 Å². The van der Waals surface area contributed by atoms with Crippen LogP contribution >= 0.6 is 15.9 Å². The highest BCUT2D eigenvalue weighted by molar-refractivity contribution is 9.18. The van der Waals surface area contributed by atoms with E-state index in [1.165, 1.54) is 5.56 Å². The minimum absolute atomic E-state index is 0.0266. The first kappa shape index (κ1) is 11.0. The number of alkyl halides is 1. The molecule has 1 saturated heterocycles. The van der Waals surface area contributed by atoms with E-state index in [2.05, 4.69) is 45.4 Å². The summed E-state index contributed by atoms with van der Waals surface area (Å²) < 4.78 is 14.5. The number of nitrogens with zero attached hydrogens (tertiary/aromatic N) is 2. The van der Waals surface area contributed by atoms with Crippen molar-refractivity contribution in [3.8, 4) is 0 Å². The lowest BCUT2D eigenvalue weighted by atomic mass is 10.00. The van der Waals surface area contributed by atoms with Crippen LogP contribution in [0.15, 0.2) is 29.4 Å². The topological polar surface area (TPSA) is 27.6 Å². The van der Waals surface area contributed by atoms with E-state index in [9.17, 15) is 4.39 Å². The van der Waals surface area contributed by atoms with Crippen molar-refractivity contribution in [3.63, 3.8) is 0 Å². The van der Waals surface area contributed by atoms with Crippen LogP contribution in [0.1, 0.15) is 23.6 Å². The van der Waals surface area contributed by atoms with Gasteiger partial charge in [-0.25, -0.2) is 4.39 Å².